The van der Waals surface area contributed by atoms with Crippen molar-refractivity contribution in [2.75, 3.05) is 32.7 Å². The molecule has 174 valence electrons. The van der Waals surface area contributed by atoms with Crippen LogP contribution in [0.1, 0.15) is 21.6 Å². The second-order valence-electron chi connectivity index (χ2n) is 7.29. The Labute approximate surface area is 196 Å². The van der Waals surface area contributed by atoms with Crippen molar-refractivity contribution in [3.05, 3.63) is 77.9 Å². The molecule has 3 aromatic rings. The molecule has 1 aliphatic rings. The highest BCUT2D eigenvalue weighted by Gasteiger charge is 2.23. The number of anilines is 1. The van der Waals surface area contributed by atoms with E-state index < -0.39 is 6.09 Å². The van der Waals surface area contributed by atoms with Crippen molar-refractivity contribution < 1.29 is 23.8 Å². The smallest absolute Gasteiger partial charge is 0.430 e. The number of benzene rings is 2. The second kappa shape index (κ2) is 10.4. The van der Waals surface area contributed by atoms with Gasteiger partial charge in [0.1, 0.15) is 18.0 Å². The standard InChI is InChI=1S/C24H23N5O5/c1-32-21-8-5-17(13-22(21)33-2)20-15-34-24(31)29(28-20)12-9-16-3-6-18(7-4-16)27-23(30)19-14-25-10-11-26-19/h3-8,10-11,13-14H,9,12,15H2,1-2H3,(H,27,30). The fraction of sp³-hybridized carbons (Fsp3) is 0.208. The van der Waals surface area contributed by atoms with E-state index in [0.29, 0.717) is 35.9 Å². The maximum absolute atomic E-state index is 12.2. The minimum atomic E-state index is -0.503. The average Bonchev–Trinajstić information content (AvgIpc) is 2.89. The molecule has 0 aliphatic carbocycles. The lowest BCUT2D eigenvalue weighted by molar-refractivity contribution is 0.102. The lowest BCUT2D eigenvalue weighted by atomic mass is 10.1. The first kappa shape index (κ1) is 22.7. The van der Waals surface area contributed by atoms with Gasteiger partial charge >= 0.3 is 6.09 Å². The molecule has 1 aliphatic heterocycles. The molecule has 0 fully saturated rings. The third kappa shape index (κ3) is 5.29. The molecule has 0 atom stereocenters. The molecule has 0 radical (unpaired) electrons. The molecule has 2 heterocycles. The van der Waals surface area contributed by atoms with Crippen LogP contribution in [0.25, 0.3) is 0 Å². The fourth-order valence-corrected chi connectivity index (χ4v) is 3.32. The highest BCUT2D eigenvalue weighted by molar-refractivity contribution is 6.04. The van der Waals surface area contributed by atoms with Crippen molar-refractivity contribution in [3.63, 3.8) is 0 Å². The van der Waals surface area contributed by atoms with E-state index in [4.69, 9.17) is 14.2 Å². The van der Waals surface area contributed by atoms with E-state index in [9.17, 15) is 9.59 Å². The summed E-state index contributed by atoms with van der Waals surface area (Å²) in [6.45, 7) is 0.409. The summed E-state index contributed by atoms with van der Waals surface area (Å²) in [6.07, 6.45) is 4.42. The molecule has 1 aromatic heterocycles. The van der Waals surface area contributed by atoms with Gasteiger partial charge in [-0.15, -0.1) is 0 Å². The van der Waals surface area contributed by atoms with E-state index in [1.54, 1.807) is 38.5 Å². The van der Waals surface area contributed by atoms with Crippen LogP contribution in [-0.2, 0) is 11.2 Å². The third-order valence-electron chi connectivity index (χ3n) is 5.12. The summed E-state index contributed by atoms with van der Waals surface area (Å²) in [5, 5.41) is 8.56. The largest absolute Gasteiger partial charge is 0.493 e. The van der Waals surface area contributed by atoms with Crippen molar-refractivity contribution in [3.8, 4) is 11.5 Å². The fourth-order valence-electron chi connectivity index (χ4n) is 3.32. The van der Waals surface area contributed by atoms with Gasteiger partial charge in [-0.05, 0) is 42.3 Å². The number of methoxy groups -OCH3 is 2. The van der Waals surface area contributed by atoms with Gasteiger partial charge in [0, 0.05) is 23.6 Å². The van der Waals surface area contributed by atoms with Gasteiger partial charge in [0.2, 0.25) is 0 Å². The molecule has 1 N–H and O–H groups in total. The number of cyclic esters (lactones) is 1. The van der Waals surface area contributed by atoms with Gasteiger partial charge in [0.25, 0.3) is 5.91 Å². The van der Waals surface area contributed by atoms with Crippen LogP contribution in [0, 0.1) is 0 Å². The molecule has 0 saturated heterocycles. The monoisotopic (exact) mass is 461 g/mol. The zero-order valence-corrected chi connectivity index (χ0v) is 18.7. The second-order valence-corrected chi connectivity index (χ2v) is 7.29. The Morgan fingerprint density at radius 3 is 2.59 bits per heavy atom. The summed E-state index contributed by atoms with van der Waals surface area (Å²) < 4.78 is 15.9. The minimum Gasteiger partial charge on any atom is -0.493 e. The van der Waals surface area contributed by atoms with Crippen molar-refractivity contribution in [2.45, 2.75) is 6.42 Å². The average molecular weight is 461 g/mol. The molecule has 0 spiro atoms. The van der Waals surface area contributed by atoms with Crippen LogP contribution in [0.3, 0.4) is 0 Å². The first-order chi connectivity index (χ1) is 16.6. The van der Waals surface area contributed by atoms with E-state index in [1.807, 2.05) is 18.2 Å². The number of hydrogen-bond donors (Lipinski definition) is 1. The first-order valence-corrected chi connectivity index (χ1v) is 10.5. The van der Waals surface area contributed by atoms with E-state index in [1.165, 1.54) is 23.6 Å². The molecule has 2 aromatic carbocycles. The Morgan fingerprint density at radius 1 is 1.09 bits per heavy atom. The molecule has 10 heteroatoms. The van der Waals surface area contributed by atoms with Gasteiger partial charge in [-0.3, -0.25) is 9.78 Å². The van der Waals surface area contributed by atoms with Crippen molar-refractivity contribution in [1.82, 2.24) is 15.0 Å². The van der Waals surface area contributed by atoms with Gasteiger partial charge < -0.3 is 19.5 Å². The number of carbonyl (C=O) groups excluding carboxylic acids is 2. The van der Waals surface area contributed by atoms with Crippen molar-refractivity contribution >= 4 is 23.4 Å². The summed E-state index contributed by atoms with van der Waals surface area (Å²) in [4.78, 5) is 32.3. The van der Waals surface area contributed by atoms with Crippen LogP contribution in [-0.4, -0.2) is 60.1 Å². The highest BCUT2D eigenvalue weighted by atomic mass is 16.6. The molecular formula is C24H23N5O5. The molecule has 34 heavy (non-hydrogen) atoms. The highest BCUT2D eigenvalue weighted by Crippen LogP contribution is 2.28. The third-order valence-corrected chi connectivity index (χ3v) is 5.12. The van der Waals surface area contributed by atoms with E-state index in [-0.39, 0.29) is 18.2 Å². The van der Waals surface area contributed by atoms with Gasteiger partial charge in [0.05, 0.1) is 27.0 Å². The van der Waals surface area contributed by atoms with Crippen LogP contribution >= 0.6 is 0 Å². The topological polar surface area (TPSA) is 115 Å². The lowest BCUT2D eigenvalue weighted by Gasteiger charge is -2.24. The lowest BCUT2D eigenvalue weighted by Crippen LogP contribution is -2.36. The number of hydrazone groups is 1. The Bertz CT molecular complexity index is 1200. The maximum atomic E-state index is 12.2. The quantitative estimate of drug-likeness (QED) is 0.548. The number of nitrogens with zero attached hydrogens (tertiary/aromatic N) is 4. The molecule has 4 rings (SSSR count). The number of aromatic nitrogens is 2. The van der Waals surface area contributed by atoms with Crippen LogP contribution < -0.4 is 14.8 Å². The predicted octanol–water partition coefficient (Wildman–Crippen LogP) is 3.15. The van der Waals surface area contributed by atoms with Crippen molar-refractivity contribution in [2.24, 2.45) is 5.10 Å². The molecule has 0 unspecified atom stereocenters. The zero-order valence-electron chi connectivity index (χ0n) is 18.7. The molecule has 10 nitrogen and oxygen atoms in total. The van der Waals surface area contributed by atoms with Gasteiger partial charge in [-0.25, -0.2) is 9.78 Å². The number of nitrogens with one attached hydrogen (secondary N) is 1. The Balaban J connectivity index is 1.39. The van der Waals surface area contributed by atoms with Crippen LogP contribution in [0.4, 0.5) is 10.5 Å². The van der Waals surface area contributed by atoms with E-state index in [0.717, 1.165) is 11.1 Å². The normalized spacial score (nSPS) is 13.1. The van der Waals surface area contributed by atoms with Gasteiger partial charge in [-0.1, -0.05) is 12.1 Å². The Hall–Kier alpha value is -4.47. The zero-order chi connectivity index (χ0) is 23.9. The van der Waals surface area contributed by atoms with Gasteiger partial charge in [-0.2, -0.15) is 10.1 Å². The SMILES string of the molecule is COc1ccc(C2=NN(CCc3ccc(NC(=O)c4cnccn4)cc3)C(=O)OC2)cc1OC. The summed E-state index contributed by atoms with van der Waals surface area (Å²) in [7, 11) is 3.13. The Morgan fingerprint density at radius 2 is 1.88 bits per heavy atom. The number of carbonyl (C=O) groups is 2. The summed E-state index contributed by atoms with van der Waals surface area (Å²) >= 11 is 0. The molecule has 0 saturated carbocycles. The van der Waals surface area contributed by atoms with E-state index in [2.05, 4.69) is 20.4 Å². The van der Waals surface area contributed by atoms with Gasteiger partial charge in [0.15, 0.2) is 11.5 Å². The van der Waals surface area contributed by atoms with Crippen LogP contribution in [0.15, 0.2) is 66.2 Å². The van der Waals surface area contributed by atoms with Crippen molar-refractivity contribution in [1.29, 1.82) is 0 Å². The van der Waals surface area contributed by atoms with Crippen LogP contribution in [0.2, 0.25) is 0 Å². The molecule has 0 bridgehead atoms. The summed E-state index contributed by atoms with van der Waals surface area (Å²) in [5.74, 6) is 0.833. The molecular weight excluding hydrogens is 438 g/mol. The summed E-state index contributed by atoms with van der Waals surface area (Å²) in [5.41, 5.74) is 3.23. The Kier molecular flexibility index (Phi) is 6.97. The number of rotatable bonds is 8. The number of ether oxygens (including phenoxy) is 3. The molecule has 2 amide bonds. The van der Waals surface area contributed by atoms with E-state index >= 15 is 0 Å². The minimum absolute atomic E-state index is 0.0744. The number of hydrogen-bond acceptors (Lipinski definition) is 8. The number of amides is 2. The first-order valence-electron chi connectivity index (χ1n) is 10.5. The summed E-state index contributed by atoms with van der Waals surface area (Å²) in [6, 6.07) is 12.7. The maximum Gasteiger partial charge on any atom is 0.430 e. The van der Waals surface area contributed by atoms with Crippen LogP contribution in [0.5, 0.6) is 11.5 Å². The predicted molar refractivity (Wildman–Crippen MR) is 124 cm³/mol.